The number of nitrogens with two attached hydrogens (primary N) is 1. The second kappa shape index (κ2) is 5.51. The number of rotatable bonds is 3. The molecule has 3 aromatic rings. The van der Waals surface area contributed by atoms with E-state index >= 15 is 0 Å². The van der Waals surface area contributed by atoms with Gasteiger partial charge in [-0.05, 0) is 48.0 Å². The number of benzene rings is 2. The van der Waals surface area contributed by atoms with Crippen molar-refractivity contribution >= 4 is 32.5 Å². The molecule has 0 aliphatic rings. The Morgan fingerprint density at radius 2 is 2.00 bits per heavy atom. The van der Waals surface area contributed by atoms with E-state index < -0.39 is 0 Å². The maximum Gasteiger partial charge on any atom is 0.129 e. The number of hydrogen-bond donors (Lipinski definition) is 1. The van der Waals surface area contributed by atoms with Gasteiger partial charge in [-0.3, -0.25) is 4.98 Å². The lowest BCUT2D eigenvalue weighted by Crippen LogP contribution is -1.97. The molecular formula is C16H13BrN2O. The summed E-state index contributed by atoms with van der Waals surface area (Å²) in [4.78, 5) is 4.32. The second-order valence-electron chi connectivity index (χ2n) is 4.51. The molecule has 0 fully saturated rings. The fraction of sp³-hybridized carbons (Fsp3) is 0.0625. The first-order valence-electron chi connectivity index (χ1n) is 6.24. The van der Waals surface area contributed by atoms with Crippen molar-refractivity contribution in [2.75, 3.05) is 5.73 Å². The zero-order chi connectivity index (χ0) is 13.9. The molecule has 0 saturated heterocycles. The Morgan fingerprint density at radius 3 is 2.85 bits per heavy atom. The fourth-order valence-electron chi connectivity index (χ4n) is 2.12. The molecule has 3 nitrogen and oxygen atoms in total. The highest BCUT2D eigenvalue weighted by molar-refractivity contribution is 9.10. The Labute approximate surface area is 125 Å². The van der Waals surface area contributed by atoms with Crippen LogP contribution >= 0.6 is 15.9 Å². The van der Waals surface area contributed by atoms with Crippen molar-refractivity contribution in [2.45, 2.75) is 6.61 Å². The predicted molar refractivity (Wildman–Crippen MR) is 84.6 cm³/mol. The lowest BCUT2D eigenvalue weighted by Gasteiger charge is -2.10. The molecular weight excluding hydrogens is 316 g/mol. The summed E-state index contributed by atoms with van der Waals surface area (Å²) in [5.41, 5.74) is 8.50. The first-order valence-corrected chi connectivity index (χ1v) is 7.03. The van der Waals surface area contributed by atoms with Crippen molar-refractivity contribution in [3.8, 4) is 5.75 Å². The number of pyridine rings is 1. The number of aromatic nitrogens is 1. The lowest BCUT2D eigenvalue weighted by atomic mass is 10.2. The minimum atomic E-state index is 0.470. The summed E-state index contributed by atoms with van der Waals surface area (Å²) in [5, 5.41) is 1.01. The first kappa shape index (κ1) is 12.9. The van der Waals surface area contributed by atoms with Gasteiger partial charge in [0.1, 0.15) is 12.4 Å². The van der Waals surface area contributed by atoms with E-state index in [1.54, 1.807) is 6.20 Å². The van der Waals surface area contributed by atoms with Crippen molar-refractivity contribution < 1.29 is 4.74 Å². The predicted octanol–water partition coefficient (Wildman–Crippen LogP) is 4.16. The van der Waals surface area contributed by atoms with Crippen LogP contribution in [0.2, 0.25) is 0 Å². The molecule has 3 rings (SSSR count). The Morgan fingerprint density at radius 1 is 1.10 bits per heavy atom. The zero-order valence-electron chi connectivity index (χ0n) is 10.7. The summed E-state index contributed by atoms with van der Waals surface area (Å²) in [6, 6.07) is 15.6. The second-order valence-corrected chi connectivity index (χ2v) is 5.42. The van der Waals surface area contributed by atoms with Crippen molar-refractivity contribution in [3.05, 3.63) is 64.8 Å². The quantitative estimate of drug-likeness (QED) is 0.734. The Balaban J connectivity index is 1.87. The molecule has 2 aromatic carbocycles. The third-order valence-corrected chi connectivity index (χ3v) is 3.44. The van der Waals surface area contributed by atoms with Gasteiger partial charge >= 0.3 is 0 Å². The molecule has 0 aliphatic heterocycles. The molecule has 4 heteroatoms. The summed E-state index contributed by atoms with van der Waals surface area (Å²) in [5.74, 6) is 0.828. The smallest absolute Gasteiger partial charge is 0.129 e. The van der Waals surface area contributed by atoms with Crippen LogP contribution in [0, 0.1) is 0 Å². The molecule has 0 saturated carbocycles. The number of hydrogen-bond acceptors (Lipinski definition) is 3. The Kier molecular flexibility index (Phi) is 3.56. The van der Waals surface area contributed by atoms with Crippen LogP contribution in [0.4, 0.5) is 5.69 Å². The molecule has 1 heterocycles. The molecule has 0 amide bonds. The largest absolute Gasteiger partial charge is 0.488 e. The maximum absolute atomic E-state index is 5.90. The third-order valence-electron chi connectivity index (χ3n) is 2.98. The van der Waals surface area contributed by atoms with E-state index in [-0.39, 0.29) is 0 Å². The van der Waals surface area contributed by atoms with E-state index in [9.17, 15) is 0 Å². The average molecular weight is 329 g/mol. The molecule has 0 radical (unpaired) electrons. The molecule has 2 N–H and O–H groups in total. The molecule has 1 aromatic heterocycles. The van der Waals surface area contributed by atoms with Gasteiger partial charge in [0.25, 0.3) is 0 Å². The highest BCUT2D eigenvalue weighted by atomic mass is 79.9. The van der Waals surface area contributed by atoms with Crippen LogP contribution in [0.5, 0.6) is 5.75 Å². The molecule has 0 bridgehead atoms. The van der Waals surface area contributed by atoms with Crippen molar-refractivity contribution in [2.24, 2.45) is 0 Å². The van der Waals surface area contributed by atoms with Crippen molar-refractivity contribution in [1.29, 1.82) is 0 Å². The van der Waals surface area contributed by atoms with Gasteiger partial charge < -0.3 is 10.5 Å². The molecule has 0 atom stereocenters. The van der Waals surface area contributed by atoms with E-state index in [0.717, 1.165) is 32.4 Å². The van der Waals surface area contributed by atoms with Crippen LogP contribution < -0.4 is 10.5 Å². The number of fused-ring (bicyclic) bond motifs is 1. The van der Waals surface area contributed by atoms with E-state index in [4.69, 9.17) is 10.5 Å². The van der Waals surface area contributed by atoms with Crippen molar-refractivity contribution in [1.82, 2.24) is 4.98 Å². The van der Waals surface area contributed by atoms with Gasteiger partial charge in [0.15, 0.2) is 0 Å². The first-order chi connectivity index (χ1) is 9.72. The van der Waals surface area contributed by atoms with Crippen LogP contribution in [0.3, 0.4) is 0 Å². The standard InChI is InChI=1S/C16H13BrN2O/c17-12-7-11(8-13(18)9-12)10-20-16-5-1-4-15-14(16)3-2-6-19-15/h1-9H,10,18H2. The molecule has 0 spiro atoms. The fourth-order valence-corrected chi connectivity index (χ4v) is 2.68. The lowest BCUT2D eigenvalue weighted by molar-refractivity contribution is 0.310. The van der Waals surface area contributed by atoms with Gasteiger partial charge in [-0.25, -0.2) is 0 Å². The van der Waals surface area contributed by atoms with E-state index in [0.29, 0.717) is 6.61 Å². The number of halogens is 1. The number of ether oxygens (including phenoxy) is 1. The van der Waals surface area contributed by atoms with Gasteiger partial charge in [-0.2, -0.15) is 0 Å². The highest BCUT2D eigenvalue weighted by Crippen LogP contribution is 2.25. The van der Waals surface area contributed by atoms with Gasteiger partial charge in [0.05, 0.1) is 5.52 Å². The van der Waals surface area contributed by atoms with Crippen LogP contribution in [0.15, 0.2) is 59.2 Å². The zero-order valence-corrected chi connectivity index (χ0v) is 12.3. The van der Waals surface area contributed by atoms with Gasteiger partial charge in [-0.1, -0.05) is 22.0 Å². The monoisotopic (exact) mass is 328 g/mol. The Hall–Kier alpha value is -2.07. The normalized spacial score (nSPS) is 10.7. The summed E-state index contributed by atoms with van der Waals surface area (Å²) in [7, 11) is 0. The summed E-state index contributed by atoms with van der Waals surface area (Å²) >= 11 is 3.43. The number of anilines is 1. The van der Waals surface area contributed by atoms with Gasteiger partial charge in [-0.15, -0.1) is 0 Å². The van der Waals surface area contributed by atoms with Crippen LogP contribution in [-0.2, 0) is 6.61 Å². The van der Waals surface area contributed by atoms with E-state index in [1.165, 1.54) is 0 Å². The topological polar surface area (TPSA) is 48.1 Å². The minimum Gasteiger partial charge on any atom is -0.488 e. The van der Waals surface area contributed by atoms with Gasteiger partial charge in [0.2, 0.25) is 0 Å². The van der Waals surface area contributed by atoms with Crippen LogP contribution in [0.1, 0.15) is 5.56 Å². The SMILES string of the molecule is Nc1cc(Br)cc(COc2cccc3ncccc23)c1. The summed E-state index contributed by atoms with van der Waals surface area (Å²) < 4.78 is 6.85. The number of nitrogens with zero attached hydrogens (tertiary/aromatic N) is 1. The molecule has 100 valence electrons. The average Bonchev–Trinajstić information content (AvgIpc) is 2.44. The number of nitrogen functional groups attached to an aromatic ring is 1. The van der Waals surface area contributed by atoms with Crippen molar-refractivity contribution in [3.63, 3.8) is 0 Å². The summed E-state index contributed by atoms with van der Waals surface area (Å²) in [6.07, 6.45) is 1.78. The Bertz CT molecular complexity index is 733. The molecule has 0 unspecified atom stereocenters. The summed E-state index contributed by atoms with van der Waals surface area (Å²) in [6.45, 7) is 0.470. The molecule has 20 heavy (non-hydrogen) atoms. The molecule has 0 aliphatic carbocycles. The van der Waals surface area contributed by atoms with E-state index in [1.807, 2.05) is 48.5 Å². The highest BCUT2D eigenvalue weighted by Gasteiger charge is 2.03. The van der Waals surface area contributed by atoms with Crippen LogP contribution in [-0.4, -0.2) is 4.98 Å². The third kappa shape index (κ3) is 2.75. The van der Waals surface area contributed by atoms with Crippen LogP contribution in [0.25, 0.3) is 10.9 Å². The minimum absolute atomic E-state index is 0.470. The maximum atomic E-state index is 5.90. The van der Waals surface area contributed by atoms with E-state index in [2.05, 4.69) is 20.9 Å². The van der Waals surface area contributed by atoms with Gasteiger partial charge in [0, 0.05) is 21.7 Å².